The largest absolute Gasteiger partial charge is 0.201 e. The fraction of sp³-hybridized carbons (Fsp3) is 0.231. The van der Waals surface area contributed by atoms with Gasteiger partial charge in [-0.05, 0) is 34.8 Å². The van der Waals surface area contributed by atoms with Crippen LogP contribution in [0.5, 0.6) is 0 Å². The Kier molecular flexibility index (Phi) is 23.9. The minimum absolute atomic E-state index is 0.0622. The molecule has 5 aromatic heterocycles. The van der Waals surface area contributed by atoms with Gasteiger partial charge in [0.05, 0.1) is 50.0 Å². The molecule has 23 heterocycles. The summed E-state index contributed by atoms with van der Waals surface area (Å²) in [5.74, 6) is 0. The number of ether oxygens (including phenoxy) is 2. The van der Waals surface area contributed by atoms with Crippen molar-refractivity contribution in [3.8, 4) is 22.3 Å². The third-order valence-corrected chi connectivity index (χ3v) is 19.4. The van der Waals surface area contributed by atoms with Crippen LogP contribution in [-0.4, -0.2) is 55.2 Å². The summed E-state index contributed by atoms with van der Waals surface area (Å²) in [7, 11) is -42.6. The second kappa shape index (κ2) is 27.9. The Labute approximate surface area is 545 Å². The van der Waals surface area contributed by atoms with E-state index in [0.717, 1.165) is 32.7 Å². The minimum atomic E-state index is -10.7. The van der Waals surface area contributed by atoms with Crippen molar-refractivity contribution in [1.29, 1.82) is 0 Å². The maximum Gasteiger partial charge on any atom is 0.173 e. The molecule has 94 heavy (non-hydrogen) atoms. The average Bonchev–Trinajstić information content (AvgIpc) is 1.74. The zero-order valence-corrected chi connectivity index (χ0v) is 56.4. The fourth-order valence-electron chi connectivity index (χ4n) is 7.58. The van der Waals surface area contributed by atoms with Crippen LogP contribution < -0.4 is 18.3 Å². The summed E-state index contributed by atoms with van der Waals surface area (Å²) in [6.45, 7) is 6.47. The molecule has 0 atom stereocenters. The van der Waals surface area contributed by atoms with Gasteiger partial charge >= 0.3 is 132 Å². The summed E-state index contributed by atoms with van der Waals surface area (Å²) < 4.78 is 264. The van der Waals surface area contributed by atoms with Crippen molar-refractivity contribution in [2.24, 2.45) is 0 Å². The zero-order valence-electron chi connectivity index (χ0n) is 47.9. The van der Waals surface area contributed by atoms with Gasteiger partial charge in [-0.15, -0.1) is 23.5 Å². The van der Waals surface area contributed by atoms with Crippen molar-refractivity contribution in [2.45, 2.75) is 42.5 Å². The van der Waals surface area contributed by atoms with Crippen LogP contribution in [0, 0.1) is 0 Å². The summed E-state index contributed by atoms with van der Waals surface area (Å²) in [4.78, 5) is 2.68. The van der Waals surface area contributed by atoms with E-state index >= 15 is 0 Å². The molecule has 0 spiro atoms. The number of aromatic nitrogens is 5. The monoisotopic (exact) mass is 1570 g/mol. The Morgan fingerprint density at radius 3 is 0.809 bits per heavy atom. The summed E-state index contributed by atoms with van der Waals surface area (Å²) in [6, 6.07) is 35.5. The van der Waals surface area contributed by atoms with E-state index in [9.17, 15) is 101 Å². The van der Waals surface area contributed by atoms with Gasteiger partial charge in [0.25, 0.3) is 0 Å². The van der Waals surface area contributed by atoms with E-state index in [1.807, 2.05) is 70.6 Å². The van der Waals surface area contributed by atoms with Gasteiger partial charge in [0.15, 0.2) is 75.8 Å². The van der Waals surface area contributed by atoms with E-state index in [1.54, 1.807) is 0 Å². The second-order valence-corrected chi connectivity index (χ2v) is 34.1. The maximum absolute atomic E-state index is 10.7. The van der Waals surface area contributed by atoms with Gasteiger partial charge in [-0.25, -0.2) is 18.3 Å². The van der Waals surface area contributed by atoms with Gasteiger partial charge < -0.3 is 19.1 Å². The number of hydrogen-bond acceptors (Lipinski definition) is 9. The molecule has 18 aliphatic heterocycles. The first-order valence-corrected chi connectivity index (χ1v) is 39.7. The van der Waals surface area contributed by atoms with Gasteiger partial charge in [0, 0.05) is 99.5 Å². The summed E-state index contributed by atoms with van der Waals surface area (Å²) >= 11 is 11.3. The number of benzene rings is 2. The van der Waals surface area contributed by atoms with E-state index in [1.165, 1.54) is 71.2 Å². The van der Waals surface area contributed by atoms with Crippen LogP contribution in [0.15, 0.2) is 186 Å². The first-order chi connectivity index (χ1) is 42.3. The van der Waals surface area contributed by atoms with Crippen LogP contribution in [-0.2, 0) is 42.2 Å². The average molecular weight is 1570 g/mol. The van der Waals surface area contributed by atoms with Crippen LogP contribution in [0.3, 0.4) is 0 Å². The van der Waals surface area contributed by atoms with Crippen molar-refractivity contribution in [3.05, 3.63) is 198 Å². The topological polar surface area (TPSA) is 59.1 Å². The third-order valence-electron chi connectivity index (χ3n) is 11.1. The van der Waals surface area contributed by atoms with Gasteiger partial charge in [0.2, 0.25) is 0 Å². The van der Waals surface area contributed by atoms with E-state index < -0.39 is 31.2 Å². The molecule has 25 rings (SSSR count). The smallest absolute Gasteiger partial charge is 0.173 e. The van der Waals surface area contributed by atoms with E-state index in [2.05, 4.69) is 194 Å². The van der Waals surface area contributed by atoms with Crippen molar-refractivity contribution >= 4 is 102 Å². The fourth-order valence-corrected chi connectivity index (χ4v) is 15.4. The molecule has 1 N–H and O–H groups in total. The molecular formula is C52H53F24N5O3P4S6. The van der Waals surface area contributed by atoms with Crippen LogP contribution in [0.25, 0.3) is 22.3 Å². The Morgan fingerprint density at radius 1 is 0.362 bits per heavy atom. The molecule has 0 saturated carbocycles. The molecule has 528 valence electrons. The Hall–Kier alpha value is -4.18. The number of hydrogen-bond donors (Lipinski definition) is 1. The predicted molar refractivity (Wildman–Crippen MR) is 329 cm³/mol. The molecule has 0 unspecified atom stereocenters. The van der Waals surface area contributed by atoms with Crippen LogP contribution in [0.1, 0.15) is 22.3 Å². The summed E-state index contributed by atoms with van der Waals surface area (Å²) in [5.41, 5.74) is 10.1. The standard InChI is InChI=1S/C36H32N4.C16H21NO3S6.4F6P/c1-2-30-4-3-29(1)25-37-17-9-33(10-18-37)35-13-21-39(22-14-35)27-31-5-7-32(8-6-31)28-40-23-15-36(16-24-40)34-11-19-38(26-30)20-12-34;1-21-13-14(22-2)26-16(25-13)15-23-11-9-17(10-12(11)24-15)3-5-19-7-8-20-6-4-18;4*1-7(2,3,4,5)6/h1-24H,25-28H2;9-10,18H,3-8H2,1-2H3;;;;/q+4;;4*-1. The van der Waals surface area contributed by atoms with Crippen LogP contribution in [0.4, 0.5) is 101 Å². The van der Waals surface area contributed by atoms with Crippen LogP contribution >= 0.6 is 102 Å². The van der Waals surface area contributed by atoms with Gasteiger partial charge in [0.1, 0.15) is 0 Å². The third kappa shape index (κ3) is 39.9. The van der Waals surface area contributed by atoms with E-state index in [0.29, 0.717) is 26.4 Å². The molecule has 0 fully saturated rings. The molecule has 42 heteroatoms. The van der Waals surface area contributed by atoms with Crippen LogP contribution in [0.2, 0.25) is 0 Å². The maximum atomic E-state index is 9.87. The molecule has 18 aliphatic rings. The number of rotatable bonds is 10. The summed E-state index contributed by atoms with van der Waals surface area (Å²) in [5, 5.41) is 8.63. The van der Waals surface area contributed by atoms with Gasteiger partial charge in [-0.1, -0.05) is 95.6 Å². The molecule has 0 amide bonds. The van der Waals surface area contributed by atoms with Crippen molar-refractivity contribution in [1.82, 2.24) is 4.57 Å². The number of halogens is 24. The quantitative estimate of drug-likeness (QED) is 0.0624. The molecule has 0 radical (unpaired) electrons. The number of thioether (sulfide) groups is 6. The summed E-state index contributed by atoms with van der Waals surface area (Å²) in [6.07, 6.45) is 26.1. The number of aliphatic hydroxyl groups is 1. The number of aliphatic hydroxyl groups excluding tert-OH is 1. The Morgan fingerprint density at radius 2 is 0.585 bits per heavy atom. The molecular weight excluding hydrogens is 1510 g/mol. The zero-order chi connectivity index (χ0) is 70.7. The molecule has 8 nitrogen and oxygen atoms in total. The minimum Gasteiger partial charge on any atom is -0.201 e. The normalized spacial score (nSPS) is 16.9. The van der Waals surface area contributed by atoms with Gasteiger partial charge in [-0.3, -0.25) is 0 Å². The molecule has 2 aromatic carbocycles. The van der Waals surface area contributed by atoms with E-state index in [-0.39, 0.29) is 6.61 Å². The SMILES string of the molecule is CSC1=C(SC)SC(=C2Sc3cn(CCOCCOCCO)cc3S2)S1.F[P-](F)(F)(F)(F)F.F[P-](F)(F)(F)(F)F.F[P-](F)(F)(F)(F)F.F[P-](F)(F)(F)(F)F.c1cc2ccc1C[n+]1ccc(cc1)-c1cc[n+](cc1)Cc1ccc(cc1)C[n+]1ccc(cc1)-c1cc[n+](cc1)C2. The number of fused-ring (bicyclic) bond motifs is 1. The number of nitrogens with zero attached hydrogens (tertiary/aromatic N) is 5. The second-order valence-electron chi connectivity index (χ2n) is 19.6. The molecule has 0 saturated heterocycles. The van der Waals surface area contributed by atoms with Gasteiger partial charge in [-0.2, -0.15) is 0 Å². The van der Waals surface area contributed by atoms with Crippen molar-refractivity contribution in [3.63, 3.8) is 0 Å². The predicted octanol–water partition coefficient (Wildman–Crippen LogP) is 23.4. The molecule has 12 bridgehead atoms. The van der Waals surface area contributed by atoms with Crippen molar-refractivity contribution < 1.29 is 134 Å². The number of pyridine rings is 4. The molecule has 7 aromatic rings. The van der Waals surface area contributed by atoms with Crippen molar-refractivity contribution in [2.75, 3.05) is 45.5 Å². The molecule has 0 aliphatic carbocycles. The first kappa shape index (κ1) is 80.5. The Balaban J connectivity index is 0.000000251. The Bertz CT molecular complexity index is 3300. The van der Waals surface area contributed by atoms with E-state index in [4.69, 9.17) is 14.6 Å². The first-order valence-electron chi connectivity index (χ1n) is 25.9.